The number of aromatic amines is 2. The van der Waals surface area contributed by atoms with E-state index in [1.807, 2.05) is 0 Å². The van der Waals surface area contributed by atoms with Gasteiger partial charge >= 0.3 is 0 Å². The van der Waals surface area contributed by atoms with Gasteiger partial charge in [-0.1, -0.05) is 260 Å². The second-order valence-electron chi connectivity index (χ2n) is 32.2. The molecule has 4 aromatic carbocycles. The Bertz CT molecular complexity index is 4600. The predicted molar refractivity (Wildman–Crippen MR) is 413 cm³/mol. The van der Waals surface area contributed by atoms with Crippen LogP contribution < -0.4 is 0 Å². The molecule has 0 fully saturated rings. The summed E-state index contributed by atoms with van der Waals surface area (Å²) in [6.45, 7) is 53.0. The number of hydrogen-bond donors (Lipinski definition) is 2. The molecule has 0 radical (unpaired) electrons. The number of fused-ring (bicyclic) bond motifs is 24. The van der Waals surface area contributed by atoms with Gasteiger partial charge in [-0.2, -0.15) is 0 Å². The molecular formula is C72H82N16S8. The van der Waals surface area contributed by atoms with E-state index in [0.717, 1.165) is 128 Å². The van der Waals surface area contributed by atoms with Crippen LogP contribution in [0.15, 0.2) is 88.7 Å². The molecule has 13 rings (SSSR count). The summed E-state index contributed by atoms with van der Waals surface area (Å²) in [6.07, 6.45) is 0. The first-order valence-corrected chi connectivity index (χ1v) is 38.7. The molecule has 0 saturated carbocycles. The van der Waals surface area contributed by atoms with Gasteiger partial charge in [-0.05, 0) is 48.5 Å². The minimum atomic E-state index is -0.139. The molecule has 0 spiro atoms. The molecule has 0 saturated heterocycles. The van der Waals surface area contributed by atoms with E-state index < -0.39 is 0 Å². The standard InChI is InChI=1S/C72H82N16S8/c1-65(2,3)89-57-58(90-66(4,5)6)74-42-26-34-33(25-41(42)73-57)49-81-50(34)86-52-37-29-45-46(78-62(94-70(16,17)18)61(77-45)93-69(13,14)15)30-38(37)54(83-52)88-56-40-32-48-47(79-63(95-71(19,20)21)64(80-48)96-72(22,23)24)31-39(40)55(84-56)87-53-36-28-44-43(27-35(36)51(82-53)85-49)75-59(91-67(7,8)9)60(76-44)92-68(10,11)12/h25-32H,1-24H3,(H2,81,82,83,84,85,86,87,88). The van der Waals surface area contributed by atoms with Crippen molar-refractivity contribution in [3.8, 4) is 45.6 Å². The normalized spacial score (nSPS) is 13.8. The first-order chi connectivity index (χ1) is 44.4. The van der Waals surface area contributed by atoms with Gasteiger partial charge < -0.3 is 9.97 Å². The molecule has 7 aromatic heterocycles. The molecule has 498 valence electrons. The Hall–Kier alpha value is -5.60. The monoisotopic (exact) mass is 1430 g/mol. The van der Waals surface area contributed by atoms with Crippen LogP contribution in [0.3, 0.4) is 0 Å². The molecule has 96 heavy (non-hydrogen) atoms. The highest BCUT2D eigenvalue weighted by Gasteiger charge is 2.32. The van der Waals surface area contributed by atoms with E-state index in [1.165, 1.54) is 0 Å². The number of benzene rings is 4. The number of H-pyrrole nitrogens is 2. The second-order valence-corrected chi connectivity index (χ2v) is 46.7. The van der Waals surface area contributed by atoms with Crippen LogP contribution in [0.1, 0.15) is 166 Å². The zero-order valence-corrected chi connectivity index (χ0v) is 65.7. The quantitative estimate of drug-likeness (QED) is 0.135. The van der Waals surface area contributed by atoms with Crippen molar-refractivity contribution in [1.29, 1.82) is 0 Å². The van der Waals surface area contributed by atoms with Crippen molar-refractivity contribution in [2.75, 3.05) is 0 Å². The summed E-state index contributed by atoms with van der Waals surface area (Å²) < 4.78 is -1.11. The molecule has 2 aliphatic rings. The number of nitrogens with zero attached hydrogens (tertiary/aromatic N) is 14. The van der Waals surface area contributed by atoms with E-state index in [4.69, 9.17) is 69.8 Å². The third kappa shape index (κ3) is 15.3. The maximum Gasteiger partial charge on any atom is 0.164 e. The van der Waals surface area contributed by atoms with Crippen LogP contribution in [0, 0.1) is 0 Å². The first-order valence-electron chi connectivity index (χ1n) is 32.1. The Labute approximate surface area is 595 Å². The maximum absolute atomic E-state index is 5.59. The fourth-order valence-electron chi connectivity index (χ4n) is 10.7. The molecule has 11 aromatic rings. The van der Waals surface area contributed by atoms with E-state index in [0.29, 0.717) is 45.9 Å². The van der Waals surface area contributed by atoms with Gasteiger partial charge in [0.25, 0.3) is 0 Å². The molecule has 0 amide bonds. The Kier molecular flexibility index (Phi) is 17.3. The zero-order valence-electron chi connectivity index (χ0n) is 59.1. The van der Waals surface area contributed by atoms with Gasteiger partial charge in [-0.3, -0.25) is 0 Å². The van der Waals surface area contributed by atoms with Crippen molar-refractivity contribution >= 4 is 182 Å². The average Bonchev–Trinajstić information content (AvgIpc) is 1.55. The van der Waals surface area contributed by atoms with E-state index >= 15 is 0 Å². The lowest BCUT2D eigenvalue weighted by molar-refractivity contribution is 0.782. The number of thioether (sulfide) groups is 8. The Morgan fingerprint density at radius 2 is 0.344 bits per heavy atom. The lowest BCUT2D eigenvalue weighted by atomic mass is 10.1. The van der Waals surface area contributed by atoms with Gasteiger partial charge in [0.15, 0.2) is 23.3 Å². The van der Waals surface area contributed by atoms with Crippen LogP contribution in [0.25, 0.3) is 134 Å². The van der Waals surface area contributed by atoms with Gasteiger partial charge in [0, 0.05) is 81.8 Å². The average molecular weight is 1430 g/mol. The molecule has 0 atom stereocenters. The Morgan fingerprint density at radius 1 is 0.198 bits per heavy atom. The van der Waals surface area contributed by atoms with Crippen LogP contribution in [-0.2, 0) is 0 Å². The number of hydrogen-bond acceptors (Lipinski definition) is 22. The molecule has 2 N–H and O–H groups in total. The number of nitrogens with one attached hydrogen (secondary N) is 2. The van der Waals surface area contributed by atoms with Crippen LogP contribution in [0.4, 0.5) is 0 Å². The number of rotatable bonds is 8. The highest BCUT2D eigenvalue weighted by molar-refractivity contribution is 8.04. The van der Waals surface area contributed by atoms with Gasteiger partial charge in [0.05, 0.1) is 44.1 Å². The van der Waals surface area contributed by atoms with E-state index in [2.05, 4.69) is 225 Å². The molecule has 9 heterocycles. The van der Waals surface area contributed by atoms with Crippen molar-refractivity contribution in [3.05, 3.63) is 48.5 Å². The molecular weight excluding hydrogens is 1350 g/mol. The zero-order chi connectivity index (χ0) is 69.1. The summed E-state index contributed by atoms with van der Waals surface area (Å²) in [5, 5.41) is 10.1. The molecule has 0 aliphatic carbocycles. The Balaban J connectivity index is 1.18. The van der Waals surface area contributed by atoms with Gasteiger partial charge in [-0.15, -0.1) is 0 Å². The van der Waals surface area contributed by atoms with Crippen molar-refractivity contribution < 1.29 is 0 Å². The lowest BCUT2D eigenvalue weighted by Crippen LogP contribution is -2.12. The number of aromatic nitrogens is 16. The Morgan fingerprint density at radius 3 is 0.490 bits per heavy atom. The molecule has 2 aliphatic heterocycles. The van der Waals surface area contributed by atoms with Gasteiger partial charge in [-0.25, -0.2) is 69.8 Å². The smallest absolute Gasteiger partial charge is 0.164 e. The van der Waals surface area contributed by atoms with Crippen molar-refractivity contribution in [1.82, 2.24) is 79.7 Å². The summed E-state index contributed by atoms with van der Waals surface area (Å²) in [7, 11) is 0. The summed E-state index contributed by atoms with van der Waals surface area (Å²) in [5.41, 5.74) is 10.8. The second kappa shape index (κ2) is 24.1. The summed E-state index contributed by atoms with van der Waals surface area (Å²) in [4.78, 5) is 84.2. The first kappa shape index (κ1) is 68.9. The van der Waals surface area contributed by atoms with Crippen molar-refractivity contribution in [2.24, 2.45) is 0 Å². The highest BCUT2D eigenvalue weighted by atomic mass is 32.2. The van der Waals surface area contributed by atoms with Gasteiger partial charge in [0.1, 0.15) is 62.8 Å². The molecule has 16 nitrogen and oxygen atoms in total. The minimum Gasteiger partial charge on any atom is -0.324 e. The maximum atomic E-state index is 5.59. The van der Waals surface area contributed by atoms with Crippen LogP contribution in [-0.4, -0.2) is 118 Å². The van der Waals surface area contributed by atoms with Crippen LogP contribution in [0.2, 0.25) is 0 Å². The van der Waals surface area contributed by atoms with Gasteiger partial charge in [0.2, 0.25) is 0 Å². The van der Waals surface area contributed by atoms with Crippen LogP contribution in [0.5, 0.6) is 0 Å². The lowest BCUT2D eigenvalue weighted by Gasteiger charge is -2.22. The fraction of sp³-hybridized carbons (Fsp3) is 0.444. The third-order valence-corrected chi connectivity index (χ3v) is 23.2. The molecule has 8 bridgehead atoms. The predicted octanol–water partition coefficient (Wildman–Crippen LogP) is 21.8. The topological polar surface area (TPSA) is 212 Å². The fourth-order valence-corrected chi connectivity index (χ4v) is 18.6. The minimum absolute atomic E-state index is 0.138. The van der Waals surface area contributed by atoms with Crippen molar-refractivity contribution in [3.63, 3.8) is 0 Å². The van der Waals surface area contributed by atoms with E-state index in [-0.39, 0.29) is 38.0 Å². The van der Waals surface area contributed by atoms with Crippen LogP contribution >= 0.6 is 94.1 Å². The molecule has 0 unspecified atom stereocenters. The summed E-state index contributed by atoms with van der Waals surface area (Å²) >= 11 is 13.7. The highest BCUT2D eigenvalue weighted by Crippen LogP contribution is 2.49. The third-order valence-electron chi connectivity index (χ3n) is 13.9. The summed E-state index contributed by atoms with van der Waals surface area (Å²) in [6, 6.07) is 16.6. The van der Waals surface area contributed by atoms with Crippen molar-refractivity contribution in [2.45, 2.75) is 244 Å². The molecule has 24 heteroatoms. The van der Waals surface area contributed by atoms with E-state index in [1.54, 1.807) is 94.1 Å². The SMILES string of the molecule is CC(C)(C)Sc1nc2cc3c(cc2nc1SC(C)(C)C)-c1nc-3nc2[nH]c(nc3nc(nc4[nH]c(n1)c1cc5nc(SC(C)(C)C)c(SC(C)(C)C)nc5cc41)-c1cc4nc(SC(C)(C)C)c(SC(C)(C)C)nc4cc1-3)c1cc3nc(SC(C)(C)C)c(SC(C)(C)C)nc3cc21. The summed E-state index contributed by atoms with van der Waals surface area (Å²) in [5.74, 6) is 1.73. The largest absolute Gasteiger partial charge is 0.324 e. The van der Waals surface area contributed by atoms with E-state index in [9.17, 15) is 0 Å².